The smallest absolute Gasteiger partial charge is 0.0299 e. The van der Waals surface area contributed by atoms with Crippen LogP contribution in [-0.4, -0.2) is 0 Å². The molecule has 0 nitrogen and oxygen atoms in total. The van der Waals surface area contributed by atoms with Crippen LogP contribution in [0, 0.1) is 12.3 Å². The zero-order chi connectivity index (χ0) is 6.62. The van der Waals surface area contributed by atoms with E-state index in [4.69, 9.17) is 0 Å². The number of rotatable bonds is 2. The second-order valence-electron chi connectivity index (χ2n) is 2.94. The van der Waals surface area contributed by atoms with E-state index in [0.29, 0.717) is 0 Å². The second kappa shape index (κ2) is 2.91. The molecule has 0 fully saturated rings. The van der Waals surface area contributed by atoms with Crippen LogP contribution < -0.4 is 0 Å². The summed E-state index contributed by atoms with van der Waals surface area (Å²) >= 11 is 0. The van der Waals surface area contributed by atoms with Crippen molar-refractivity contribution < 1.29 is 0 Å². The molecule has 0 aliphatic heterocycles. The van der Waals surface area contributed by atoms with Crippen LogP contribution in [0.4, 0.5) is 0 Å². The fourth-order valence-electron chi connectivity index (χ4n) is 0.437. The summed E-state index contributed by atoms with van der Waals surface area (Å²) in [5.74, 6) is 0. The van der Waals surface area contributed by atoms with Gasteiger partial charge in [0.1, 0.15) is 0 Å². The van der Waals surface area contributed by atoms with Gasteiger partial charge in [-0.15, -0.1) is 0 Å². The molecule has 0 unspecified atom stereocenters. The normalized spacial score (nSPS) is 13.0. The predicted molar refractivity (Wildman–Crippen MR) is 38.6 cm³/mol. The minimum atomic E-state index is 0.215. The van der Waals surface area contributed by atoms with Gasteiger partial charge in [-0.2, -0.15) is 0 Å². The van der Waals surface area contributed by atoms with Gasteiger partial charge in [-0.05, 0) is 25.7 Å². The lowest BCUT2D eigenvalue weighted by Crippen LogP contribution is -2.02. The maximum atomic E-state index is 3.96. The van der Waals surface area contributed by atoms with Gasteiger partial charge < -0.3 is 0 Å². The van der Waals surface area contributed by atoms with Crippen molar-refractivity contribution >= 4 is 0 Å². The summed E-state index contributed by atoms with van der Waals surface area (Å²) in [5, 5.41) is 0. The Kier molecular flexibility index (Phi) is 2.81. The van der Waals surface area contributed by atoms with E-state index in [1.807, 2.05) is 6.92 Å². The Morgan fingerprint density at radius 3 is 2.12 bits per heavy atom. The van der Waals surface area contributed by atoms with E-state index >= 15 is 0 Å². The number of hydrogen-bond donors (Lipinski definition) is 0. The highest BCUT2D eigenvalue weighted by atomic mass is 14.1. The Balaban J connectivity index is 3.39. The molecule has 0 rings (SSSR count). The summed E-state index contributed by atoms with van der Waals surface area (Å²) in [6.45, 7) is 10.3. The Morgan fingerprint density at radius 1 is 1.50 bits per heavy atom. The minimum Gasteiger partial charge on any atom is -0.0916 e. The van der Waals surface area contributed by atoms with E-state index < -0.39 is 0 Å². The Morgan fingerprint density at radius 2 is 2.00 bits per heavy atom. The molecule has 0 heteroatoms. The first-order valence-electron chi connectivity index (χ1n) is 3.03. The van der Waals surface area contributed by atoms with Crippen LogP contribution in [-0.2, 0) is 0 Å². The highest BCUT2D eigenvalue weighted by molar-refractivity contribution is 4.85. The lowest BCUT2D eigenvalue weighted by molar-refractivity contribution is 0.483. The van der Waals surface area contributed by atoms with Crippen LogP contribution in [0.15, 0.2) is 12.2 Å². The van der Waals surface area contributed by atoms with Crippen molar-refractivity contribution in [3.8, 4) is 0 Å². The Bertz CT molecular complexity index is 72.5. The van der Waals surface area contributed by atoms with E-state index in [2.05, 4.69) is 32.9 Å². The average molecular weight is 111 g/mol. The molecule has 0 aliphatic rings. The zero-order valence-corrected chi connectivity index (χ0v) is 6.07. The molecule has 0 aliphatic carbocycles. The van der Waals surface area contributed by atoms with Gasteiger partial charge in [-0.3, -0.25) is 0 Å². The van der Waals surface area contributed by atoms with Gasteiger partial charge in [-0.1, -0.05) is 26.0 Å². The fraction of sp³-hybridized carbons (Fsp3) is 0.625. The SMILES string of the molecule is [CH2]C(C)(C)C/C=C/C. The van der Waals surface area contributed by atoms with Gasteiger partial charge in [0.25, 0.3) is 0 Å². The summed E-state index contributed by atoms with van der Waals surface area (Å²) in [4.78, 5) is 0. The molecule has 47 valence electrons. The van der Waals surface area contributed by atoms with Gasteiger partial charge in [-0.25, -0.2) is 0 Å². The first kappa shape index (κ1) is 7.74. The molecular formula is C8H15. The van der Waals surface area contributed by atoms with Gasteiger partial charge in [0.15, 0.2) is 0 Å². The lowest BCUT2D eigenvalue weighted by Gasteiger charge is -2.13. The summed E-state index contributed by atoms with van der Waals surface area (Å²) in [5.41, 5.74) is 0.215. The van der Waals surface area contributed by atoms with E-state index in [9.17, 15) is 0 Å². The zero-order valence-electron chi connectivity index (χ0n) is 6.07. The summed E-state index contributed by atoms with van der Waals surface area (Å²) in [7, 11) is 0. The van der Waals surface area contributed by atoms with Crippen LogP contribution in [0.25, 0.3) is 0 Å². The summed E-state index contributed by atoms with van der Waals surface area (Å²) in [6.07, 6.45) is 5.28. The van der Waals surface area contributed by atoms with Crippen LogP contribution in [0.2, 0.25) is 0 Å². The average Bonchev–Trinajstić information content (AvgIpc) is 1.59. The van der Waals surface area contributed by atoms with E-state index in [-0.39, 0.29) is 5.41 Å². The van der Waals surface area contributed by atoms with Gasteiger partial charge >= 0.3 is 0 Å². The maximum absolute atomic E-state index is 3.96. The molecule has 0 saturated carbocycles. The third kappa shape index (κ3) is 5.74. The molecule has 0 saturated heterocycles. The van der Waals surface area contributed by atoms with Crippen LogP contribution in [0.3, 0.4) is 0 Å². The van der Waals surface area contributed by atoms with Crippen molar-refractivity contribution in [3.63, 3.8) is 0 Å². The Hall–Kier alpha value is -0.260. The topological polar surface area (TPSA) is 0 Å². The number of hydrogen-bond acceptors (Lipinski definition) is 0. The fourth-order valence-corrected chi connectivity index (χ4v) is 0.437. The number of allylic oxidation sites excluding steroid dienone is 2. The molecule has 0 aromatic rings. The lowest BCUT2D eigenvalue weighted by atomic mass is 9.92. The molecule has 1 radical (unpaired) electrons. The van der Waals surface area contributed by atoms with Crippen molar-refractivity contribution in [1.29, 1.82) is 0 Å². The standard InChI is InChI=1S/C8H15/c1-5-6-7-8(2,3)4/h5-6H,2,7H2,1,3-4H3/b6-5+. The molecule has 0 aromatic heterocycles. The van der Waals surface area contributed by atoms with Crippen molar-refractivity contribution in [1.82, 2.24) is 0 Å². The molecule has 0 amide bonds. The van der Waals surface area contributed by atoms with Crippen LogP contribution in [0.5, 0.6) is 0 Å². The molecule has 0 bridgehead atoms. The maximum Gasteiger partial charge on any atom is -0.0299 e. The third-order valence-electron chi connectivity index (χ3n) is 0.906. The first-order chi connectivity index (χ1) is 3.56. The van der Waals surface area contributed by atoms with Crippen molar-refractivity contribution in [2.24, 2.45) is 5.41 Å². The Labute approximate surface area is 52.6 Å². The highest BCUT2D eigenvalue weighted by Gasteiger charge is 2.05. The molecule has 8 heavy (non-hydrogen) atoms. The highest BCUT2D eigenvalue weighted by Crippen LogP contribution is 2.17. The van der Waals surface area contributed by atoms with Crippen molar-refractivity contribution in [2.45, 2.75) is 27.2 Å². The molecular weight excluding hydrogens is 96.1 g/mol. The van der Waals surface area contributed by atoms with Crippen molar-refractivity contribution in [2.75, 3.05) is 0 Å². The van der Waals surface area contributed by atoms with Gasteiger partial charge in [0.2, 0.25) is 0 Å². The molecule has 0 spiro atoms. The molecule has 0 N–H and O–H groups in total. The minimum absolute atomic E-state index is 0.215. The van der Waals surface area contributed by atoms with Gasteiger partial charge in [0.05, 0.1) is 0 Å². The summed E-state index contributed by atoms with van der Waals surface area (Å²) in [6, 6.07) is 0. The second-order valence-corrected chi connectivity index (χ2v) is 2.94. The largest absolute Gasteiger partial charge is 0.0916 e. The van der Waals surface area contributed by atoms with Crippen LogP contribution >= 0.6 is 0 Å². The van der Waals surface area contributed by atoms with E-state index in [1.54, 1.807) is 0 Å². The van der Waals surface area contributed by atoms with Crippen LogP contribution in [0.1, 0.15) is 27.2 Å². The monoisotopic (exact) mass is 111 g/mol. The molecule has 0 aromatic carbocycles. The quantitative estimate of drug-likeness (QED) is 0.481. The van der Waals surface area contributed by atoms with Gasteiger partial charge in [0, 0.05) is 0 Å². The molecule has 0 atom stereocenters. The van der Waals surface area contributed by atoms with E-state index in [1.165, 1.54) is 0 Å². The summed E-state index contributed by atoms with van der Waals surface area (Å²) < 4.78 is 0. The molecule has 0 heterocycles. The first-order valence-corrected chi connectivity index (χ1v) is 3.03. The third-order valence-corrected chi connectivity index (χ3v) is 0.906. The van der Waals surface area contributed by atoms with Crippen molar-refractivity contribution in [3.05, 3.63) is 19.1 Å². The predicted octanol–water partition coefficient (Wildman–Crippen LogP) is 2.81. The van der Waals surface area contributed by atoms with E-state index in [0.717, 1.165) is 6.42 Å².